The van der Waals surface area contributed by atoms with E-state index in [0.717, 1.165) is 47.5 Å². The average Bonchev–Trinajstić information content (AvgIpc) is 3.21. The number of nitrogens with one attached hydrogen (secondary N) is 3. The van der Waals surface area contributed by atoms with Crippen molar-refractivity contribution in [3.05, 3.63) is 59.2 Å². The van der Waals surface area contributed by atoms with E-state index in [1.165, 1.54) is 0 Å². The molecule has 30 heavy (non-hydrogen) atoms. The third-order valence-electron chi connectivity index (χ3n) is 5.53. The molecule has 0 bridgehead atoms. The minimum Gasteiger partial charge on any atom is -0.496 e. The van der Waals surface area contributed by atoms with Crippen LogP contribution < -0.4 is 20.3 Å². The molecule has 0 spiro atoms. The SMILES string of the molecule is COc1ccc(C)cc1C[NH+](C)CC(=O)Nc1ccccc1C(=O)NC1CCCC1. The Morgan fingerprint density at radius 2 is 1.87 bits per heavy atom. The molecule has 6 heteroatoms. The highest BCUT2D eigenvalue weighted by Crippen LogP contribution is 2.21. The topological polar surface area (TPSA) is 71.9 Å². The van der Waals surface area contributed by atoms with E-state index in [4.69, 9.17) is 4.74 Å². The van der Waals surface area contributed by atoms with Gasteiger partial charge in [0.2, 0.25) is 0 Å². The summed E-state index contributed by atoms with van der Waals surface area (Å²) in [5.74, 6) is 0.581. The number of methoxy groups -OCH3 is 1. The summed E-state index contributed by atoms with van der Waals surface area (Å²) in [4.78, 5) is 26.4. The van der Waals surface area contributed by atoms with Gasteiger partial charge in [-0.1, -0.05) is 36.6 Å². The molecule has 1 unspecified atom stereocenters. The van der Waals surface area contributed by atoms with Gasteiger partial charge in [-0.05, 0) is 44.0 Å². The second-order valence-corrected chi connectivity index (χ2v) is 8.17. The van der Waals surface area contributed by atoms with Crippen molar-refractivity contribution in [1.29, 1.82) is 0 Å². The van der Waals surface area contributed by atoms with E-state index in [0.29, 0.717) is 17.8 Å². The summed E-state index contributed by atoms with van der Waals surface area (Å²) in [6, 6.07) is 13.5. The summed E-state index contributed by atoms with van der Waals surface area (Å²) in [6.45, 7) is 3.00. The molecule has 1 fully saturated rings. The number of quaternary nitrogens is 1. The number of hydrogen-bond donors (Lipinski definition) is 3. The van der Waals surface area contributed by atoms with Gasteiger partial charge in [0.05, 0.1) is 25.4 Å². The summed E-state index contributed by atoms with van der Waals surface area (Å²) in [7, 11) is 3.63. The van der Waals surface area contributed by atoms with Crippen molar-refractivity contribution in [2.45, 2.75) is 45.2 Å². The molecule has 2 aromatic carbocycles. The highest BCUT2D eigenvalue weighted by atomic mass is 16.5. The van der Waals surface area contributed by atoms with Crippen molar-refractivity contribution in [2.24, 2.45) is 0 Å². The fourth-order valence-electron chi connectivity index (χ4n) is 4.03. The molecule has 1 atom stereocenters. The van der Waals surface area contributed by atoms with Crippen molar-refractivity contribution in [3.63, 3.8) is 0 Å². The van der Waals surface area contributed by atoms with Gasteiger partial charge in [-0.2, -0.15) is 0 Å². The monoisotopic (exact) mass is 410 g/mol. The minimum absolute atomic E-state index is 0.122. The van der Waals surface area contributed by atoms with Crippen LogP contribution in [0.3, 0.4) is 0 Å². The number of rotatable bonds is 8. The van der Waals surface area contributed by atoms with Gasteiger partial charge in [-0.25, -0.2) is 0 Å². The van der Waals surface area contributed by atoms with Crippen molar-refractivity contribution < 1.29 is 19.2 Å². The lowest BCUT2D eigenvalue weighted by molar-refractivity contribution is -0.885. The third kappa shape index (κ3) is 5.83. The molecule has 160 valence electrons. The molecule has 6 nitrogen and oxygen atoms in total. The largest absolute Gasteiger partial charge is 0.496 e. The fourth-order valence-corrected chi connectivity index (χ4v) is 4.03. The van der Waals surface area contributed by atoms with Gasteiger partial charge in [0.1, 0.15) is 12.3 Å². The van der Waals surface area contributed by atoms with Crippen LogP contribution in [0.25, 0.3) is 0 Å². The van der Waals surface area contributed by atoms with Crippen molar-refractivity contribution >= 4 is 17.5 Å². The van der Waals surface area contributed by atoms with E-state index in [2.05, 4.69) is 16.7 Å². The lowest BCUT2D eigenvalue weighted by atomic mass is 10.1. The number of carbonyl (C=O) groups is 2. The van der Waals surface area contributed by atoms with Crippen LogP contribution in [0.1, 0.15) is 47.2 Å². The summed E-state index contributed by atoms with van der Waals surface area (Å²) in [6.07, 6.45) is 4.36. The van der Waals surface area contributed by atoms with Crippen LogP contribution >= 0.6 is 0 Å². The molecule has 0 heterocycles. The van der Waals surface area contributed by atoms with Crippen LogP contribution in [-0.4, -0.2) is 38.6 Å². The predicted octanol–water partition coefficient (Wildman–Crippen LogP) is 2.33. The van der Waals surface area contributed by atoms with Crippen LogP contribution in [-0.2, 0) is 11.3 Å². The Bertz CT molecular complexity index is 891. The highest BCUT2D eigenvalue weighted by molar-refractivity contribution is 6.04. The number of para-hydroxylation sites is 1. The van der Waals surface area contributed by atoms with Crippen LogP contribution in [0, 0.1) is 6.92 Å². The van der Waals surface area contributed by atoms with Crippen LogP contribution in [0.15, 0.2) is 42.5 Å². The molecule has 2 aromatic rings. The Morgan fingerprint density at radius 3 is 2.60 bits per heavy atom. The van der Waals surface area contributed by atoms with E-state index in [-0.39, 0.29) is 24.4 Å². The number of aryl methyl sites for hydroxylation is 1. The van der Waals surface area contributed by atoms with E-state index >= 15 is 0 Å². The van der Waals surface area contributed by atoms with Crippen molar-refractivity contribution in [1.82, 2.24) is 5.32 Å². The number of carbonyl (C=O) groups excluding carboxylic acids is 2. The Hall–Kier alpha value is -2.86. The average molecular weight is 411 g/mol. The molecule has 3 rings (SSSR count). The first-order chi connectivity index (χ1) is 14.5. The van der Waals surface area contributed by atoms with Crippen LogP contribution in [0.5, 0.6) is 5.75 Å². The van der Waals surface area contributed by atoms with E-state index in [1.54, 1.807) is 19.2 Å². The molecular weight excluding hydrogens is 378 g/mol. The van der Waals surface area contributed by atoms with Gasteiger partial charge >= 0.3 is 0 Å². The summed E-state index contributed by atoms with van der Waals surface area (Å²) in [5.41, 5.74) is 3.29. The molecule has 0 saturated heterocycles. The molecule has 1 aliphatic rings. The second kappa shape index (κ2) is 10.3. The third-order valence-corrected chi connectivity index (χ3v) is 5.53. The molecular formula is C24H32N3O3+. The first kappa shape index (κ1) is 21.8. The standard InChI is InChI=1S/C24H31N3O3/c1-17-12-13-22(30-3)18(14-17)15-27(2)16-23(28)26-21-11-7-6-10-20(21)24(29)25-19-8-4-5-9-19/h6-7,10-14,19H,4-5,8-9,15-16H2,1-3H3,(H,25,29)(H,26,28)/p+1. The Kier molecular flexibility index (Phi) is 7.46. The second-order valence-electron chi connectivity index (χ2n) is 8.17. The Balaban J connectivity index is 1.61. The Labute approximate surface area is 178 Å². The van der Waals surface area contributed by atoms with Gasteiger partial charge in [-0.15, -0.1) is 0 Å². The number of hydrogen-bond acceptors (Lipinski definition) is 3. The van der Waals surface area contributed by atoms with E-state index in [9.17, 15) is 9.59 Å². The summed E-state index contributed by atoms with van der Waals surface area (Å²) in [5, 5.41) is 6.01. The first-order valence-corrected chi connectivity index (χ1v) is 10.6. The Morgan fingerprint density at radius 1 is 1.13 bits per heavy atom. The minimum atomic E-state index is -0.125. The molecule has 2 amide bonds. The lowest BCUT2D eigenvalue weighted by Gasteiger charge is -2.17. The van der Waals surface area contributed by atoms with Gasteiger partial charge < -0.3 is 20.3 Å². The number of benzene rings is 2. The van der Waals surface area contributed by atoms with Gasteiger partial charge in [-0.3, -0.25) is 9.59 Å². The van der Waals surface area contributed by atoms with Crippen LogP contribution in [0.2, 0.25) is 0 Å². The molecule has 0 radical (unpaired) electrons. The van der Waals surface area contributed by atoms with Crippen LogP contribution in [0.4, 0.5) is 5.69 Å². The lowest BCUT2D eigenvalue weighted by Crippen LogP contribution is -3.08. The smallest absolute Gasteiger partial charge is 0.279 e. The fraction of sp³-hybridized carbons (Fsp3) is 0.417. The van der Waals surface area contributed by atoms with E-state index < -0.39 is 0 Å². The van der Waals surface area contributed by atoms with Gasteiger partial charge in [0.15, 0.2) is 6.54 Å². The molecule has 3 N–H and O–H groups in total. The number of ether oxygens (including phenoxy) is 1. The zero-order valence-corrected chi connectivity index (χ0v) is 18.1. The summed E-state index contributed by atoms with van der Waals surface area (Å²) >= 11 is 0. The molecule has 1 aliphatic carbocycles. The molecule has 1 saturated carbocycles. The molecule has 0 aliphatic heterocycles. The number of anilines is 1. The van der Waals surface area contributed by atoms with Crippen molar-refractivity contribution in [2.75, 3.05) is 26.0 Å². The first-order valence-electron chi connectivity index (χ1n) is 10.6. The van der Waals surface area contributed by atoms with Gasteiger partial charge in [0.25, 0.3) is 11.8 Å². The molecule has 0 aromatic heterocycles. The van der Waals surface area contributed by atoms with Gasteiger partial charge in [0, 0.05) is 11.6 Å². The highest BCUT2D eigenvalue weighted by Gasteiger charge is 2.21. The normalized spacial score (nSPS) is 14.9. The zero-order valence-electron chi connectivity index (χ0n) is 18.1. The zero-order chi connectivity index (χ0) is 21.5. The maximum absolute atomic E-state index is 12.7. The maximum Gasteiger partial charge on any atom is 0.279 e. The van der Waals surface area contributed by atoms with Crippen molar-refractivity contribution in [3.8, 4) is 5.75 Å². The number of amides is 2. The number of likely N-dealkylation sites (N-methyl/N-ethyl adjacent to an activating group) is 1. The quantitative estimate of drug-likeness (QED) is 0.626. The maximum atomic E-state index is 12.7. The van der Waals surface area contributed by atoms with E-state index in [1.807, 2.05) is 38.2 Å². The summed E-state index contributed by atoms with van der Waals surface area (Å²) < 4.78 is 5.44. The predicted molar refractivity (Wildman–Crippen MR) is 118 cm³/mol.